The van der Waals surface area contributed by atoms with Gasteiger partial charge in [0, 0.05) is 0 Å². The predicted octanol–water partition coefficient (Wildman–Crippen LogP) is 2.26. The minimum absolute atomic E-state index is 0.485. The Hall–Kier alpha value is -3.30. The number of halogens is 2. The van der Waals surface area contributed by atoms with Crippen molar-refractivity contribution in [1.82, 2.24) is 0 Å². The van der Waals surface area contributed by atoms with E-state index in [1.54, 1.807) is 0 Å². The standard InChI is InChI=1S/C13H8F2N2O6/c14-7-2-1-3-8(15)12(7)16-10(18)6-22-13(19)9-4-5-11(23-9)17(20)21/h1-5H,6H2,(H,16,18). The summed E-state index contributed by atoms with van der Waals surface area (Å²) in [6, 6.07) is 4.92. The number of amides is 1. The van der Waals surface area contributed by atoms with Gasteiger partial charge in [0.15, 0.2) is 6.61 Å². The summed E-state index contributed by atoms with van der Waals surface area (Å²) in [6.07, 6.45) is 0. The highest BCUT2D eigenvalue weighted by Gasteiger charge is 2.20. The van der Waals surface area contributed by atoms with Gasteiger partial charge in [0.1, 0.15) is 22.2 Å². The summed E-state index contributed by atoms with van der Waals surface area (Å²) < 4.78 is 35.7. The highest BCUT2D eigenvalue weighted by molar-refractivity contribution is 5.94. The number of hydrogen-bond donors (Lipinski definition) is 1. The van der Waals surface area contributed by atoms with Gasteiger partial charge >= 0.3 is 11.9 Å². The number of furan rings is 1. The predicted molar refractivity (Wildman–Crippen MR) is 70.6 cm³/mol. The molecule has 0 atom stereocenters. The zero-order chi connectivity index (χ0) is 17.0. The van der Waals surface area contributed by atoms with E-state index >= 15 is 0 Å². The maximum atomic E-state index is 13.3. The number of anilines is 1. The molecule has 0 saturated heterocycles. The molecule has 0 aliphatic rings. The van der Waals surface area contributed by atoms with E-state index in [2.05, 4.69) is 9.15 Å². The van der Waals surface area contributed by atoms with Crippen LogP contribution in [0.1, 0.15) is 10.6 Å². The Morgan fingerprint density at radius 1 is 1.22 bits per heavy atom. The van der Waals surface area contributed by atoms with Crippen molar-refractivity contribution in [1.29, 1.82) is 0 Å². The Kier molecular flexibility index (Phi) is 4.64. The number of nitrogens with zero attached hydrogens (tertiary/aromatic N) is 1. The first kappa shape index (κ1) is 16.1. The fourth-order valence-electron chi connectivity index (χ4n) is 1.53. The maximum absolute atomic E-state index is 13.3. The number of hydrogen-bond acceptors (Lipinski definition) is 6. The van der Waals surface area contributed by atoms with Gasteiger partial charge in [0.25, 0.3) is 5.91 Å². The van der Waals surface area contributed by atoms with E-state index in [0.717, 1.165) is 30.3 Å². The van der Waals surface area contributed by atoms with Crippen LogP contribution in [0.3, 0.4) is 0 Å². The number of nitrogens with one attached hydrogen (secondary N) is 1. The summed E-state index contributed by atoms with van der Waals surface area (Å²) in [5, 5.41) is 12.3. The second-order valence-electron chi connectivity index (χ2n) is 4.12. The van der Waals surface area contributed by atoms with Gasteiger partial charge in [0.2, 0.25) is 5.76 Å². The lowest BCUT2D eigenvalue weighted by Gasteiger charge is -2.07. The van der Waals surface area contributed by atoms with Crippen molar-refractivity contribution in [2.75, 3.05) is 11.9 Å². The van der Waals surface area contributed by atoms with Gasteiger partial charge in [-0.05, 0) is 18.2 Å². The van der Waals surface area contributed by atoms with Crippen LogP contribution in [-0.4, -0.2) is 23.4 Å². The summed E-state index contributed by atoms with van der Waals surface area (Å²) in [4.78, 5) is 32.5. The molecule has 0 radical (unpaired) electrons. The van der Waals surface area contributed by atoms with E-state index in [4.69, 9.17) is 0 Å². The lowest BCUT2D eigenvalue weighted by Crippen LogP contribution is -2.22. The third-order valence-corrected chi connectivity index (χ3v) is 2.53. The quantitative estimate of drug-likeness (QED) is 0.512. The lowest BCUT2D eigenvalue weighted by atomic mass is 10.3. The minimum Gasteiger partial charge on any atom is -0.450 e. The third kappa shape index (κ3) is 3.87. The van der Waals surface area contributed by atoms with E-state index in [1.165, 1.54) is 0 Å². The van der Waals surface area contributed by atoms with Crippen molar-refractivity contribution >= 4 is 23.4 Å². The monoisotopic (exact) mass is 326 g/mol. The zero-order valence-electron chi connectivity index (χ0n) is 11.2. The first-order chi connectivity index (χ1) is 10.9. The van der Waals surface area contributed by atoms with E-state index < -0.39 is 52.4 Å². The van der Waals surface area contributed by atoms with Crippen LogP contribution < -0.4 is 5.32 Å². The van der Waals surface area contributed by atoms with Gasteiger partial charge in [-0.1, -0.05) is 6.07 Å². The number of nitro groups is 1. The number of rotatable bonds is 5. The molecule has 0 saturated carbocycles. The summed E-state index contributed by atoms with van der Waals surface area (Å²) in [6.45, 7) is -0.860. The SMILES string of the molecule is O=C(COC(=O)c1ccc([N+](=O)[O-])o1)Nc1c(F)cccc1F. The summed E-state index contributed by atoms with van der Waals surface area (Å²) in [5.74, 6) is -5.28. The molecule has 23 heavy (non-hydrogen) atoms. The molecule has 0 unspecified atom stereocenters. The molecule has 1 aromatic heterocycles. The summed E-state index contributed by atoms with van der Waals surface area (Å²) >= 11 is 0. The Balaban J connectivity index is 1.93. The summed E-state index contributed by atoms with van der Waals surface area (Å²) in [7, 11) is 0. The first-order valence-electron chi connectivity index (χ1n) is 6.03. The highest BCUT2D eigenvalue weighted by atomic mass is 19.1. The first-order valence-corrected chi connectivity index (χ1v) is 6.03. The van der Waals surface area contributed by atoms with Gasteiger partial charge in [-0.25, -0.2) is 13.6 Å². The van der Waals surface area contributed by atoms with Gasteiger partial charge < -0.3 is 14.5 Å². The molecular weight excluding hydrogens is 318 g/mol. The smallest absolute Gasteiger partial charge is 0.433 e. The number of para-hydroxylation sites is 1. The maximum Gasteiger partial charge on any atom is 0.433 e. The van der Waals surface area contributed by atoms with Crippen LogP contribution in [0.15, 0.2) is 34.7 Å². The Morgan fingerprint density at radius 3 is 2.43 bits per heavy atom. The Labute approximate surface area is 126 Å². The molecule has 0 aliphatic carbocycles. The van der Waals surface area contributed by atoms with E-state index in [0.29, 0.717) is 0 Å². The molecule has 10 heteroatoms. The third-order valence-electron chi connectivity index (χ3n) is 2.53. The molecule has 1 aromatic carbocycles. The molecule has 0 bridgehead atoms. The van der Waals surface area contributed by atoms with Gasteiger partial charge in [-0.15, -0.1) is 0 Å². The number of carbonyl (C=O) groups excluding carboxylic acids is 2. The van der Waals surface area contributed by atoms with Crippen LogP contribution in [0.4, 0.5) is 20.4 Å². The average Bonchev–Trinajstić information content (AvgIpc) is 2.99. The van der Waals surface area contributed by atoms with Crippen molar-refractivity contribution in [2.24, 2.45) is 0 Å². The molecule has 2 aromatic rings. The van der Waals surface area contributed by atoms with Gasteiger partial charge in [-0.3, -0.25) is 14.9 Å². The van der Waals surface area contributed by atoms with Crippen LogP contribution >= 0.6 is 0 Å². The van der Waals surface area contributed by atoms with Crippen molar-refractivity contribution in [2.45, 2.75) is 0 Å². The van der Waals surface area contributed by atoms with Crippen molar-refractivity contribution in [3.8, 4) is 0 Å². The normalized spacial score (nSPS) is 10.2. The largest absolute Gasteiger partial charge is 0.450 e. The summed E-state index contributed by atoms with van der Waals surface area (Å²) in [5.41, 5.74) is -0.679. The topological polar surface area (TPSA) is 112 Å². The van der Waals surface area contributed by atoms with Crippen molar-refractivity contribution in [3.63, 3.8) is 0 Å². The lowest BCUT2D eigenvalue weighted by molar-refractivity contribution is -0.402. The average molecular weight is 326 g/mol. The molecule has 0 fully saturated rings. The number of benzene rings is 1. The fourth-order valence-corrected chi connectivity index (χ4v) is 1.53. The molecular formula is C13H8F2N2O6. The van der Waals surface area contributed by atoms with Crippen LogP contribution in [0.5, 0.6) is 0 Å². The number of carbonyl (C=O) groups is 2. The highest BCUT2D eigenvalue weighted by Crippen LogP contribution is 2.18. The Morgan fingerprint density at radius 2 is 1.87 bits per heavy atom. The molecule has 8 nitrogen and oxygen atoms in total. The molecule has 1 heterocycles. The molecule has 1 amide bonds. The van der Waals surface area contributed by atoms with E-state index in [1.807, 2.05) is 5.32 Å². The van der Waals surface area contributed by atoms with Gasteiger partial charge in [0.05, 0.1) is 6.07 Å². The van der Waals surface area contributed by atoms with Crippen molar-refractivity contribution in [3.05, 3.63) is 57.8 Å². The fraction of sp³-hybridized carbons (Fsp3) is 0.0769. The molecule has 0 spiro atoms. The van der Waals surface area contributed by atoms with Crippen molar-refractivity contribution < 1.29 is 32.4 Å². The second kappa shape index (κ2) is 6.64. The number of esters is 1. The molecule has 0 aliphatic heterocycles. The molecule has 1 N–H and O–H groups in total. The minimum atomic E-state index is -1.14. The molecule has 120 valence electrons. The zero-order valence-corrected chi connectivity index (χ0v) is 11.2. The molecule has 2 rings (SSSR count). The van der Waals surface area contributed by atoms with E-state index in [9.17, 15) is 28.5 Å². The van der Waals surface area contributed by atoms with Crippen LogP contribution in [0.2, 0.25) is 0 Å². The number of ether oxygens (including phenoxy) is 1. The van der Waals surface area contributed by atoms with Crippen LogP contribution in [0, 0.1) is 21.7 Å². The van der Waals surface area contributed by atoms with Crippen LogP contribution in [0.25, 0.3) is 0 Å². The van der Waals surface area contributed by atoms with E-state index in [-0.39, 0.29) is 0 Å². The second-order valence-corrected chi connectivity index (χ2v) is 4.12. The van der Waals surface area contributed by atoms with Crippen LogP contribution in [-0.2, 0) is 9.53 Å². The van der Waals surface area contributed by atoms with Gasteiger partial charge in [-0.2, -0.15) is 0 Å². The Bertz CT molecular complexity index is 753.